The van der Waals surface area contributed by atoms with Crippen LogP contribution in [0.2, 0.25) is 0 Å². The van der Waals surface area contributed by atoms with Crippen molar-refractivity contribution in [3.63, 3.8) is 0 Å². The summed E-state index contributed by atoms with van der Waals surface area (Å²) in [6.45, 7) is 7.20. The van der Waals surface area contributed by atoms with Gasteiger partial charge in [-0.2, -0.15) is 0 Å². The van der Waals surface area contributed by atoms with Gasteiger partial charge in [-0.1, -0.05) is 6.07 Å². The Morgan fingerprint density at radius 1 is 1.20 bits per heavy atom. The molecule has 186 valence electrons. The van der Waals surface area contributed by atoms with Crippen molar-refractivity contribution in [2.24, 2.45) is 0 Å². The highest BCUT2D eigenvalue weighted by atomic mass is 16.5. The van der Waals surface area contributed by atoms with Crippen LogP contribution in [0.25, 0.3) is 11.0 Å². The van der Waals surface area contributed by atoms with Crippen LogP contribution < -0.4 is 15.4 Å². The molecule has 1 aliphatic rings. The van der Waals surface area contributed by atoms with Crippen molar-refractivity contribution in [2.45, 2.75) is 52.8 Å². The lowest BCUT2D eigenvalue weighted by molar-refractivity contribution is -0.114. The van der Waals surface area contributed by atoms with E-state index in [1.807, 2.05) is 26.0 Å². The maximum atomic E-state index is 12.8. The molecule has 3 aromatic rings. The predicted molar refractivity (Wildman–Crippen MR) is 134 cm³/mol. The number of rotatable bonds is 8. The Hall–Kier alpha value is -3.59. The van der Waals surface area contributed by atoms with Crippen LogP contribution in [0.15, 0.2) is 24.4 Å². The lowest BCUT2D eigenvalue weighted by Crippen LogP contribution is -2.21. The van der Waals surface area contributed by atoms with E-state index in [1.165, 1.54) is 14.0 Å². The molecule has 1 atom stereocenters. The molecule has 1 aromatic carbocycles. The molecule has 0 bridgehead atoms. The Morgan fingerprint density at radius 3 is 2.66 bits per heavy atom. The van der Waals surface area contributed by atoms with Gasteiger partial charge in [0.25, 0.3) is 0 Å². The molecule has 9 nitrogen and oxygen atoms in total. The number of esters is 1. The number of fused-ring (bicyclic) bond motifs is 1. The van der Waals surface area contributed by atoms with Gasteiger partial charge in [0.05, 0.1) is 44.4 Å². The number of nitrogens with zero attached hydrogens (tertiary/aromatic N) is 2. The van der Waals surface area contributed by atoms with Gasteiger partial charge in [0.15, 0.2) is 5.69 Å². The first-order valence-electron chi connectivity index (χ1n) is 11.7. The number of methoxy groups -OCH3 is 2. The summed E-state index contributed by atoms with van der Waals surface area (Å²) >= 11 is 0. The quantitative estimate of drug-likeness (QED) is 0.466. The fourth-order valence-corrected chi connectivity index (χ4v) is 4.56. The average molecular weight is 481 g/mol. The minimum atomic E-state index is -0.538. The molecule has 2 N–H and O–H groups in total. The van der Waals surface area contributed by atoms with Crippen LogP contribution in [0.4, 0.5) is 11.4 Å². The van der Waals surface area contributed by atoms with Gasteiger partial charge in [-0.15, -0.1) is 0 Å². The Labute approximate surface area is 204 Å². The van der Waals surface area contributed by atoms with Crippen molar-refractivity contribution >= 4 is 34.3 Å². The standard InChI is InChI=1S/C26H32N4O5/c1-15-10-22(33-4)16(2)9-18(15)12-27-19-11-21-23(29-17(3)31)24(26(32)34-5)30(25(21)28-13-19)14-20-7-6-8-35-20/h9-11,13,20,27H,6-8,12,14H2,1-5H3,(H,29,31). The van der Waals surface area contributed by atoms with Crippen molar-refractivity contribution in [1.29, 1.82) is 0 Å². The molecule has 0 spiro atoms. The Bertz CT molecular complexity index is 1260. The SMILES string of the molecule is COC(=O)c1c(NC(C)=O)c2cc(NCc3cc(C)c(OC)cc3C)cnc2n1CC1CCCO1. The van der Waals surface area contributed by atoms with Crippen molar-refractivity contribution in [3.8, 4) is 5.75 Å². The molecule has 2 aromatic heterocycles. The van der Waals surface area contributed by atoms with Crippen LogP contribution in [-0.2, 0) is 27.4 Å². The van der Waals surface area contributed by atoms with Gasteiger partial charge >= 0.3 is 5.97 Å². The smallest absolute Gasteiger partial charge is 0.356 e. The molecular formula is C26H32N4O5. The van der Waals surface area contributed by atoms with Gasteiger partial charge in [-0.25, -0.2) is 9.78 Å². The number of hydrogen-bond acceptors (Lipinski definition) is 7. The summed E-state index contributed by atoms with van der Waals surface area (Å²) < 4.78 is 18.1. The third-order valence-corrected chi connectivity index (χ3v) is 6.32. The number of anilines is 2. The lowest BCUT2D eigenvalue weighted by Gasteiger charge is -2.14. The van der Waals surface area contributed by atoms with E-state index >= 15 is 0 Å². The highest BCUT2D eigenvalue weighted by Gasteiger charge is 2.28. The van der Waals surface area contributed by atoms with Crippen LogP contribution >= 0.6 is 0 Å². The van der Waals surface area contributed by atoms with Gasteiger partial charge in [0.2, 0.25) is 5.91 Å². The Morgan fingerprint density at radius 2 is 2.00 bits per heavy atom. The summed E-state index contributed by atoms with van der Waals surface area (Å²) in [4.78, 5) is 29.5. The maximum Gasteiger partial charge on any atom is 0.356 e. The molecule has 9 heteroatoms. The molecule has 1 fully saturated rings. The second-order valence-electron chi connectivity index (χ2n) is 8.84. The number of benzene rings is 1. The molecule has 0 radical (unpaired) electrons. The molecule has 35 heavy (non-hydrogen) atoms. The van der Waals surface area contributed by atoms with Gasteiger partial charge in [-0.3, -0.25) is 4.79 Å². The summed E-state index contributed by atoms with van der Waals surface area (Å²) in [7, 11) is 2.99. The summed E-state index contributed by atoms with van der Waals surface area (Å²) in [6, 6.07) is 6.03. The fraction of sp³-hybridized carbons (Fsp3) is 0.423. The minimum Gasteiger partial charge on any atom is -0.496 e. The first-order valence-corrected chi connectivity index (χ1v) is 11.7. The molecule has 0 saturated carbocycles. The Balaban J connectivity index is 1.73. The predicted octanol–water partition coefficient (Wildman–Crippen LogP) is 4.20. The highest BCUT2D eigenvalue weighted by Crippen LogP contribution is 2.34. The molecule has 1 saturated heterocycles. The third kappa shape index (κ3) is 5.09. The number of ether oxygens (including phenoxy) is 3. The van der Waals surface area contributed by atoms with Gasteiger partial charge < -0.3 is 29.4 Å². The molecule has 1 amide bonds. The van der Waals surface area contributed by atoms with Crippen molar-refractivity contribution in [1.82, 2.24) is 9.55 Å². The highest BCUT2D eigenvalue weighted by molar-refractivity contribution is 6.11. The van der Waals surface area contributed by atoms with E-state index in [4.69, 9.17) is 14.2 Å². The van der Waals surface area contributed by atoms with Crippen LogP contribution in [0.5, 0.6) is 5.75 Å². The van der Waals surface area contributed by atoms with Crippen molar-refractivity contribution < 1.29 is 23.8 Å². The zero-order valence-corrected chi connectivity index (χ0v) is 20.9. The first kappa shape index (κ1) is 24.5. The zero-order valence-electron chi connectivity index (χ0n) is 20.9. The number of aromatic nitrogens is 2. The van der Waals surface area contributed by atoms with Gasteiger partial charge in [0.1, 0.15) is 11.4 Å². The average Bonchev–Trinajstić information content (AvgIpc) is 3.45. The molecule has 1 unspecified atom stereocenters. The number of pyridine rings is 1. The molecule has 1 aliphatic heterocycles. The number of nitrogens with one attached hydrogen (secondary N) is 2. The zero-order chi connectivity index (χ0) is 25.1. The number of amides is 1. The third-order valence-electron chi connectivity index (χ3n) is 6.32. The lowest BCUT2D eigenvalue weighted by atomic mass is 10.0. The van der Waals surface area contributed by atoms with Crippen LogP contribution in [0.1, 0.15) is 46.9 Å². The summed E-state index contributed by atoms with van der Waals surface area (Å²) in [5.41, 5.74) is 5.32. The van der Waals surface area contributed by atoms with E-state index in [-0.39, 0.29) is 17.7 Å². The van der Waals surface area contributed by atoms with Crippen LogP contribution in [-0.4, -0.2) is 48.4 Å². The molecule has 0 aliphatic carbocycles. The monoisotopic (exact) mass is 480 g/mol. The largest absolute Gasteiger partial charge is 0.496 e. The maximum absolute atomic E-state index is 12.8. The van der Waals surface area contributed by atoms with Crippen molar-refractivity contribution in [3.05, 3.63) is 46.8 Å². The fourth-order valence-electron chi connectivity index (χ4n) is 4.56. The second kappa shape index (κ2) is 10.4. The van der Waals surface area contributed by atoms with Gasteiger partial charge in [-0.05, 0) is 55.5 Å². The van der Waals surface area contributed by atoms with Crippen molar-refractivity contribution in [2.75, 3.05) is 31.5 Å². The van der Waals surface area contributed by atoms with Crippen LogP contribution in [0, 0.1) is 13.8 Å². The molecule has 3 heterocycles. The summed E-state index contributed by atoms with van der Waals surface area (Å²) in [6.07, 6.45) is 3.58. The summed E-state index contributed by atoms with van der Waals surface area (Å²) in [5, 5.41) is 6.90. The topological polar surface area (TPSA) is 104 Å². The van der Waals surface area contributed by atoms with Crippen LogP contribution in [0.3, 0.4) is 0 Å². The van der Waals surface area contributed by atoms with E-state index in [9.17, 15) is 9.59 Å². The number of carbonyl (C=O) groups is 2. The summed E-state index contributed by atoms with van der Waals surface area (Å²) in [5.74, 6) is 0.0369. The number of hydrogen-bond donors (Lipinski definition) is 2. The minimum absolute atomic E-state index is 0.0277. The first-order chi connectivity index (χ1) is 16.8. The normalized spacial score (nSPS) is 15.3. The van der Waals surface area contributed by atoms with Gasteiger partial charge in [0, 0.05) is 25.5 Å². The van der Waals surface area contributed by atoms with E-state index in [1.54, 1.807) is 17.9 Å². The van der Waals surface area contributed by atoms with E-state index in [0.717, 1.165) is 41.0 Å². The number of carbonyl (C=O) groups excluding carboxylic acids is 2. The Kier molecular flexibility index (Phi) is 7.25. The van der Waals surface area contributed by atoms with E-state index in [0.29, 0.717) is 36.4 Å². The van der Waals surface area contributed by atoms with E-state index in [2.05, 4.69) is 21.7 Å². The second-order valence-corrected chi connectivity index (χ2v) is 8.84. The van der Waals surface area contributed by atoms with E-state index < -0.39 is 5.97 Å². The molecule has 4 rings (SSSR count). The number of aryl methyl sites for hydroxylation is 2. The molecular weight excluding hydrogens is 448 g/mol.